The number of rotatable bonds is 3. The average molecular weight is 325 g/mol. The highest BCUT2D eigenvalue weighted by atomic mass is 79.9. The van der Waals surface area contributed by atoms with Gasteiger partial charge >= 0.3 is 0 Å². The molecule has 19 heavy (non-hydrogen) atoms. The minimum absolute atomic E-state index is 0.436. The van der Waals surface area contributed by atoms with Crippen LogP contribution in [0.15, 0.2) is 11.1 Å². The second-order valence-electron chi connectivity index (χ2n) is 4.95. The third-order valence-electron chi connectivity index (χ3n) is 3.73. The molecule has 0 radical (unpaired) electrons. The van der Waals surface area contributed by atoms with Crippen LogP contribution in [-0.2, 0) is 6.54 Å². The summed E-state index contributed by atoms with van der Waals surface area (Å²) in [6.45, 7) is 3.18. The van der Waals surface area contributed by atoms with Gasteiger partial charge in [0.25, 0.3) is 0 Å². The third kappa shape index (κ3) is 2.57. The zero-order valence-corrected chi connectivity index (χ0v) is 12.2. The third-order valence-corrected chi connectivity index (χ3v) is 4.34. The van der Waals surface area contributed by atoms with E-state index >= 15 is 0 Å². The van der Waals surface area contributed by atoms with E-state index in [4.69, 9.17) is 5.73 Å². The Labute approximate surface area is 119 Å². The molecule has 3 N–H and O–H groups in total. The van der Waals surface area contributed by atoms with E-state index < -0.39 is 0 Å². The van der Waals surface area contributed by atoms with Crippen LogP contribution in [0.25, 0.3) is 11.2 Å². The summed E-state index contributed by atoms with van der Waals surface area (Å²) in [7, 11) is 0. The fraction of sp³-hybridized carbons (Fsp3) is 0.583. The van der Waals surface area contributed by atoms with Gasteiger partial charge in [0.05, 0.1) is 0 Å². The van der Waals surface area contributed by atoms with Crippen molar-refractivity contribution >= 4 is 32.9 Å². The summed E-state index contributed by atoms with van der Waals surface area (Å²) in [5, 5.41) is 3.39. The molecule has 0 saturated carbocycles. The molecule has 3 rings (SSSR count). The van der Waals surface area contributed by atoms with Crippen molar-refractivity contribution in [1.29, 1.82) is 0 Å². The van der Waals surface area contributed by atoms with E-state index in [0.717, 1.165) is 42.4 Å². The van der Waals surface area contributed by atoms with Crippen molar-refractivity contribution in [3.8, 4) is 0 Å². The van der Waals surface area contributed by atoms with E-state index in [1.807, 2.05) is 0 Å². The number of imidazole rings is 1. The van der Waals surface area contributed by atoms with Crippen LogP contribution >= 0.6 is 15.9 Å². The molecule has 1 saturated heterocycles. The second kappa shape index (κ2) is 5.42. The zero-order valence-electron chi connectivity index (χ0n) is 10.6. The Morgan fingerprint density at radius 3 is 2.95 bits per heavy atom. The molecule has 7 heteroatoms. The molecule has 1 aliphatic rings. The Hall–Kier alpha value is -1.21. The molecule has 0 spiro atoms. The molecule has 0 bridgehead atoms. The van der Waals surface area contributed by atoms with Crippen LogP contribution in [0.4, 0.5) is 5.82 Å². The maximum absolute atomic E-state index is 5.82. The summed E-state index contributed by atoms with van der Waals surface area (Å²) >= 11 is 3.48. The topological polar surface area (TPSA) is 81.7 Å². The van der Waals surface area contributed by atoms with Gasteiger partial charge in [-0.05, 0) is 54.2 Å². The first-order valence-electron chi connectivity index (χ1n) is 6.58. The SMILES string of the molecule is Nc1ncnc2c1nc(Br)n2CCC1CCNCC1. The summed E-state index contributed by atoms with van der Waals surface area (Å²) in [6.07, 6.45) is 5.14. The van der Waals surface area contributed by atoms with E-state index in [1.165, 1.54) is 19.2 Å². The van der Waals surface area contributed by atoms with E-state index in [2.05, 4.69) is 40.8 Å². The van der Waals surface area contributed by atoms with Crippen molar-refractivity contribution < 1.29 is 0 Å². The smallest absolute Gasteiger partial charge is 0.179 e. The largest absolute Gasteiger partial charge is 0.382 e. The second-order valence-corrected chi connectivity index (χ2v) is 5.65. The number of halogens is 1. The van der Waals surface area contributed by atoms with Gasteiger partial charge in [-0.1, -0.05) is 0 Å². The quantitative estimate of drug-likeness (QED) is 0.837. The Balaban J connectivity index is 1.80. The number of nitrogen functional groups attached to an aromatic ring is 1. The Morgan fingerprint density at radius 1 is 1.37 bits per heavy atom. The van der Waals surface area contributed by atoms with Crippen LogP contribution in [0.2, 0.25) is 0 Å². The highest BCUT2D eigenvalue weighted by Crippen LogP contribution is 2.24. The molecule has 1 aliphatic heterocycles. The number of hydrogen-bond donors (Lipinski definition) is 2. The summed E-state index contributed by atoms with van der Waals surface area (Å²) < 4.78 is 2.86. The van der Waals surface area contributed by atoms with Crippen LogP contribution in [-0.4, -0.2) is 32.6 Å². The van der Waals surface area contributed by atoms with E-state index in [-0.39, 0.29) is 0 Å². The molecule has 3 heterocycles. The lowest BCUT2D eigenvalue weighted by Gasteiger charge is -2.22. The van der Waals surface area contributed by atoms with Gasteiger partial charge in [-0.2, -0.15) is 0 Å². The fourth-order valence-electron chi connectivity index (χ4n) is 2.61. The van der Waals surface area contributed by atoms with Crippen LogP contribution in [0.3, 0.4) is 0 Å². The minimum Gasteiger partial charge on any atom is -0.382 e. The van der Waals surface area contributed by atoms with Crippen molar-refractivity contribution in [3.63, 3.8) is 0 Å². The molecule has 0 aromatic carbocycles. The van der Waals surface area contributed by atoms with Gasteiger partial charge in [0, 0.05) is 6.54 Å². The fourth-order valence-corrected chi connectivity index (χ4v) is 3.13. The summed E-state index contributed by atoms with van der Waals surface area (Å²) in [6, 6.07) is 0. The summed E-state index contributed by atoms with van der Waals surface area (Å²) in [5.74, 6) is 1.22. The molecular formula is C12H17BrN6. The minimum atomic E-state index is 0.436. The number of nitrogens with zero attached hydrogens (tertiary/aromatic N) is 4. The molecule has 2 aromatic heterocycles. The van der Waals surface area contributed by atoms with Gasteiger partial charge in [0.1, 0.15) is 6.33 Å². The van der Waals surface area contributed by atoms with Gasteiger partial charge in [-0.3, -0.25) is 0 Å². The first-order chi connectivity index (χ1) is 9.25. The molecule has 0 unspecified atom stereocenters. The van der Waals surface area contributed by atoms with E-state index in [0.29, 0.717) is 11.3 Å². The number of aromatic nitrogens is 4. The predicted molar refractivity (Wildman–Crippen MR) is 77.6 cm³/mol. The van der Waals surface area contributed by atoms with Crippen LogP contribution < -0.4 is 11.1 Å². The van der Waals surface area contributed by atoms with Gasteiger partial charge in [-0.15, -0.1) is 0 Å². The molecule has 0 aliphatic carbocycles. The number of anilines is 1. The van der Waals surface area contributed by atoms with Gasteiger partial charge in [0.2, 0.25) is 0 Å². The molecule has 6 nitrogen and oxygen atoms in total. The molecular weight excluding hydrogens is 308 g/mol. The molecule has 102 valence electrons. The van der Waals surface area contributed by atoms with Crippen LogP contribution in [0.5, 0.6) is 0 Å². The van der Waals surface area contributed by atoms with Crippen molar-refractivity contribution in [3.05, 3.63) is 11.1 Å². The first kappa shape index (κ1) is 12.8. The number of fused-ring (bicyclic) bond motifs is 1. The Bertz CT molecular complexity index is 575. The number of piperidine rings is 1. The highest BCUT2D eigenvalue weighted by Gasteiger charge is 2.16. The number of nitrogens with one attached hydrogen (secondary N) is 1. The molecule has 2 aromatic rings. The average Bonchev–Trinajstić information content (AvgIpc) is 2.75. The Morgan fingerprint density at radius 2 is 2.16 bits per heavy atom. The van der Waals surface area contributed by atoms with E-state index in [9.17, 15) is 0 Å². The van der Waals surface area contributed by atoms with Crippen molar-refractivity contribution in [2.75, 3.05) is 18.8 Å². The van der Waals surface area contributed by atoms with Crippen molar-refractivity contribution in [2.24, 2.45) is 5.92 Å². The molecule has 1 fully saturated rings. The lowest BCUT2D eigenvalue weighted by molar-refractivity contribution is 0.338. The van der Waals surface area contributed by atoms with Crippen LogP contribution in [0, 0.1) is 5.92 Å². The zero-order chi connectivity index (χ0) is 13.2. The predicted octanol–water partition coefficient (Wildman–Crippen LogP) is 1.56. The first-order valence-corrected chi connectivity index (χ1v) is 7.38. The lowest BCUT2D eigenvalue weighted by atomic mass is 9.95. The number of aryl methyl sites for hydroxylation is 1. The van der Waals surface area contributed by atoms with Gasteiger partial charge < -0.3 is 15.6 Å². The maximum atomic E-state index is 5.82. The normalized spacial score (nSPS) is 17.1. The number of nitrogens with two attached hydrogens (primary N) is 1. The van der Waals surface area contributed by atoms with Gasteiger partial charge in [-0.25, -0.2) is 15.0 Å². The summed E-state index contributed by atoms with van der Waals surface area (Å²) in [5.41, 5.74) is 7.31. The van der Waals surface area contributed by atoms with Crippen LogP contribution in [0.1, 0.15) is 19.3 Å². The number of hydrogen-bond acceptors (Lipinski definition) is 5. The maximum Gasteiger partial charge on any atom is 0.179 e. The summed E-state index contributed by atoms with van der Waals surface area (Å²) in [4.78, 5) is 12.7. The van der Waals surface area contributed by atoms with Crippen molar-refractivity contribution in [1.82, 2.24) is 24.8 Å². The highest BCUT2D eigenvalue weighted by molar-refractivity contribution is 9.10. The molecule has 0 atom stereocenters. The Kier molecular flexibility index (Phi) is 3.65. The van der Waals surface area contributed by atoms with Gasteiger partial charge in [0.15, 0.2) is 21.7 Å². The van der Waals surface area contributed by atoms with Crippen molar-refractivity contribution in [2.45, 2.75) is 25.8 Å². The standard InChI is InChI=1S/C12H17BrN6/c13-12-18-9-10(14)16-7-17-11(9)19(12)6-3-8-1-4-15-5-2-8/h7-8,15H,1-6H2,(H2,14,16,17). The lowest BCUT2D eigenvalue weighted by Crippen LogP contribution is -2.28. The molecule has 0 amide bonds. The monoisotopic (exact) mass is 324 g/mol. The van der Waals surface area contributed by atoms with E-state index in [1.54, 1.807) is 0 Å².